The van der Waals surface area contributed by atoms with Crippen molar-refractivity contribution in [2.45, 2.75) is 56.0 Å². The number of nitrogens with zero attached hydrogens (tertiary/aromatic N) is 5. The number of sulfonamides is 1. The summed E-state index contributed by atoms with van der Waals surface area (Å²) in [5, 5.41) is 0.514. The van der Waals surface area contributed by atoms with Crippen LogP contribution in [0.5, 0.6) is 0 Å². The molecular formula is C24H32ClN5O3S. The molecule has 1 saturated heterocycles. The van der Waals surface area contributed by atoms with Crippen molar-refractivity contribution in [3.63, 3.8) is 0 Å². The van der Waals surface area contributed by atoms with Gasteiger partial charge in [-0.05, 0) is 37.1 Å². The average Bonchev–Trinajstić information content (AvgIpc) is 2.88. The van der Waals surface area contributed by atoms with Crippen LogP contribution in [0.15, 0.2) is 29.2 Å². The summed E-state index contributed by atoms with van der Waals surface area (Å²) in [6, 6.07) is 6.81. The Hall–Kier alpha value is -1.94. The summed E-state index contributed by atoms with van der Waals surface area (Å²) >= 11 is 5.97. The normalized spacial score (nSPS) is 20.2. The first-order chi connectivity index (χ1) is 16.4. The Morgan fingerprint density at radius 1 is 1.03 bits per heavy atom. The van der Waals surface area contributed by atoms with Crippen LogP contribution in [-0.2, 0) is 27.7 Å². The van der Waals surface area contributed by atoms with Gasteiger partial charge < -0.3 is 14.5 Å². The molecule has 1 saturated carbocycles. The van der Waals surface area contributed by atoms with Crippen molar-refractivity contribution in [2.75, 3.05) is 49.7 Å². The highest BCUT2D eigenvalue weighted by molar-refractivity contribution is 7.89. The first kappa shape index (κ1) is 23.8. The van der Waals surface area contributed by atoms with Gasteiger partial charge in [-0.25, -0.2) is 13.4 Å². The molecule has 0 atom stereocenters. The summed E-state index contributed by atoms with van der Waals surface area (Å²) in [6.45, 7) is 3.41. The van der Waals surface area contributed by atoms with Gasteiger partial charge in [0.25, 0.3) is 0 Å². The van der Waals surface area contributed by atoms with E-state index in [1.165, 1.54) is 23.6 Å². The predicted molar refractivity (Wildman–Crippen MR) is 133 cm³/mol. The fourth-order valence-corrected chi connectivity index (χ4v) is 6.68. The van der Waals surface area contributed by atoms with Gasteiger partial charge >= 0.3 is 0 Å². The van der Waals surface area contributed by atoms with E-state index >= 15 is 0 Å². The highest BCUT2D eigenvalue weighted by Crippen LogP contribution is 2.33. The van der Waals surface area contributed by atoms with E-state index in [2.05, 4.69) is 16.8 Å². The minimum absolute atomic E-state index is 0.253. The molecule has 1 aromatic heterocycles. The molecule has 3 aliphatic rings. The molecule has 0 radical (unpaired) electrons. The number of fused-ring (bicyclic) bond motifs is 1. The average molecular weight is 506 g/mol. The second kappa shape index (κ2) is 9.97. The molecule has 0 amide bonds. The number of hydrogen-bond acceptors (Lipinski definition) is 7. The molecule has 0 unspecified atom stereocenters. The van der Waals surface area contributed by atoms with Gasteiger partial charge in [-0.15, -0.1) is 0 Å². The van der Waals surface area contributed by atoms with Gasteiger partial charge in [0.05, 0.1) is 23.8 Å². The van der Waals surface area contributed by atoms with Crippen LogP contribution >= 0.6 is 11.6 Å². The van der Waals surface area contributed by atoms with E-state index < -0.39 is 10.0 Å². The zero-order chi connectivity index (χ0) is 23.7. The maximum atomic E-state index is 13.4. The SMILES string of the molecule is CN(c1nc2c(c(N3CCOCC3)n1)CN(S(=O)(=O)c1ccc(Cl)cc1)CC2)C1CCCCC1. The molecule has 8 nitrogen and oxygen atoms in total. The number of morpholine rings is 1. The Kier molecular flexibility index (Phi) is 6.97. The van der Waals surface area contributed by atoms with Gasteiger partial charge in [0.15, 0.2) is 0 Å². The van der Waals surface area contributed by atoms with Crippen molar-refractivity contribution in [1.82, 2.24) is 14.3 Å². The van der Waals surface area contributed by atoms with Crippen LogP contribution in [0.3, 0.4) is 0 Å². The van der Waals surface area contributed by atoms with E-state index in [4.69, 9.17) is 26.3 Å². The van der Waals surface area contributed by atoms with E-state index in [-0.39, 0.29) is 11.4 Å². The third-order valence-corrected chi connectivity index (χ3v) is 9.30. The minimum Gasteiger partial charge on any atom is -0.378 e. The lowest BCUT2D eigenvalue weighted by atomic mass is 9.95. The van der Waals surface area contributed by atoms with Gasteiger partial charge in [-0.3, -0.25) is 0 Å². The monoisotopic (exact) mass is 505 g/mol. The maximum Gasteiger partial charge on any atom is 0.243 e. The first-order valence-electron chi connectivity index (χ1n) is 12.1. The third-order valence-electron chi connectivity index (χ3n) is 7.19. The maximum absolute atomic E-state index is 13.4. The van der Waals surface area contributed by atoms with Crippen molar-refractivity contribution < 1.29 is 13.2 Å². The molecule has 34 heavy (non-hydrogen) atoms. The second-order valence-electron chi connectivity index (χ2n) is 9.32. The van der Waals surface area contributed by atoms with Crippen LogP contribution in [0.4, 0.5) is 11.8 Å². The quantitative estimate of drug-likeness (QED) is 0.615. The molecule has 3 heterocycles. The molecule has 5 rings (SSSR count). The molecule has 10 heteroatoms. The molecule has 0 spiro atoms. The van der Waals surface area contributed by atoms with Gasteiger partial charge in [0.1, 0.15) is 5.82 Å². The Labute approximate surface area is 206 Å². The lowest BCUT2D eigenvalue weighted by molar-refractivity contribution is 0.122. The highest BCUT2D eigenvalue weighted by Gasteiger charge is 2.33. The highest BCUT2D eigenvalue weighted by atomic mass is 35.5. The number of hydrogen-bond donors (Lipinski definition) is 0. The van der Waals surface area contributed by atoms with Crippen LogP contribution in [0.25, 0.3) is 0 Å². The molecule has 2 aliphatic heterocycles. The van der Waals surface area contributed by atoms with Crippen LogP contribution < -0.4 is 9.80 Å². The smallest absolute Gasteiger partial charge is 0.243 e. The van der Waals surface area contributed by atoms with E-state index in [9.17, 15) is 8.42 Å². The predicted octanol–water partition coefficient (Wildman–Crippen LogP) is 3.48. The molecule has 0 N–H and O–H groups in total. The molecule has 2 fully saturated rings. The summed E-state index contributed by atoms with van der Waals surface area (Å²) in [5.41, 5.74) is 1.86. The van der Waals surface area contributed by atoms with E-state index in [1.807, 2.05) is 0 Å². The van der Waals surface area contributed by atoms with Gasteiger partial charge in [0.2, 0.25) is 16.0 Å². The third kappa shape index (κ3) is 4.76. The number of benzene rings is 1. The zero-order valence-electron chi connectivity index (χ0n) is 19.6. The molecule has 1 aromatic carbocycles. The topological polar surface area (TPSA) is 78.9 Å². The van der Waals surface area contributed by atoms with Crippen LogP contribution in [-0.4, -0.2) is 68.6 Å². The number of anilines is 2. The number of halogens is 1. The van der Waals surface area contributed by atoms with Crippen molar-refractivity contribution in [1.29, 1.82) is 0 Å². The molecule has 2 aromatic rings. The van der Waals surface area contributed by atoms with E-state index in [1.54, 1.807) is 24.3 Å². The Morgan fingerprint density at radius 2 is 1.74 bits per heavy atom. The summed E-state index contributed by atoms with van der Waals surface area (Å²) in [4.78, 5) is 14.7. The van der Waals surface area contributed by atoms with Crippen molar-refractivity contribution in [2.24, 2.45) is 0 Å². The summed E-state index contributed by atoms with van der Waals surface area (Å²) in [5.74, 6) is 1.60. The second-order valence-corrected chi connectivity index (χ2v) is 11.7. The number of aromatic nitrogens is 2. The fraction of sp³-hybridized carbons (Fsp3) is 0.583. The number of rotatable bonds is 5. The summed E-state index contributed by atoms with van der Waals surface area (Å²) < 4.78 is 33.9. The van der Waals surface area contributed by atoms with Gasteiger partial charge in [-0.1, -0.05) is 30.9 Å². The fourth-order valence-electron chi connectivity index (χ4n) is 5.15. The van der Waals surface area contributed by atoms with Crippen molar-refractivity contribution >= 4 is 33.4 Å². The van der Waals surface area contributed by atoms with E-state index in [0.29, 0.717) is 37.2 Å². The summed E-state index contributed by atoms with van der Waals surface area (Å²) in [7, 11) is -1.55. The van der Waals surface area contributed by atoms with Crippen LogP contribution in [0.2, 0.25) is 5.02 Å². The van der Waals surface area contributed by atoms with Crippen LogP contribution in [0.1, 0.15) is 43.4 Å². The largest absolute Gasteiger partial charge is 0.378 e. The minimum atomic E-state index is -3.65. The molecular weight excluding hydrogens is 474 g/mol. The lowest BCUT2D eigenvalue weighted by Gasteiger charge is -2.36. The zero-order valence-corrected chi connectivity index (χ0v) is 21.2. The van der Waals surface area contributed by atoms with Gasteiger partial charge in [0, 0.05) is 56.3 Å². The van der Waals surface area contributed by atoms with Gasteiger partial charge in [-0.2, -0.15) is 9.29 Å². The van der Waals surface area contributed by atoms with E-state index in [0.717, 1.165) is 49.0 Å². The summed E-state index contributed by atoms with van der Waals surface area (Å²) in [6.07, 6.45) is 6.68. The molecule has 184 valence electrons. The number of ether oxygens (including phenoxy) is 1. The van der Waals surface area contributed by atoms with Crippen molar-refractivity contribution in [3.8, 4) is 0 Å². The Balaban J connectivity index is 1.49. The first-order valence-corrected chi connectivity index (χ1v) is 14.0. The standard InChI is InChI=1S/C24H32ClN5O3S/c1-28(19-5-3-2-4-6-19)24-26-22-11-12-30(34(31,32)20-9-7-18(25)8-10-20)17-21(22)23(27-24)29-13-15-33-16-14-29/h7-10,19H,2-6,11-17H2,1H3. The van der Waals surface area contributed by atoms with Crippen LogP contribution in [0, 0.1) is 0 Å². The van der Waals surface area contributed by atoms with Crippen molar-refractivity contribution in [3.05, 3.63) is 40.5 Å². The molecule has 0 bridgehead atoms. The Bertz CT molecular complexity index is 1120. The lowest BCUT2D eigenvalue weighted by Crippen LogP contribution is -2.42. The molecule has 1 aliphatic carbocycles. The Morgan fingerprint density at radius 3 is 2.44 bits per heavy atom.